The van der Waals surface area contributed by atoms with Crippen molar-refractivity contribution in [2.24, 2.45) is 5.92 Å². The fraction of sp³-hybridized carbons (Fsp3) is 0.550. The van der Waals surface area contributed by atoms with Crippen molar-refractivity contribution in [3.05, 3.63) is 41.5 Å². The van der Waals surface area contributed by atoms with E-state index >= 15 is 0 Å². The average Bonchev–Trinajstić information content (AvgIpc) is 2.48. The highest BCUT2D eigenvalue weighted by Gasteiger charge is 2.35. The van der Waals surface area contributed by atoms with Crippen LogP contribution in [0.15, 0.2) is 35.9 Å². The van der Waals surface area contributed by atoms with E-state index in [1.54, 1.807) is 12.1 Å². The smallest absolute Gasteiger partial charge is 0.137 e. The molecule has 1 aromatic carbocycles. The molecule has 2 rings (SSSR count). The highest BCUT2D eigenvalue weighted by atomic mass is 16.3. The van der Waals surface area contributed by atoms with Crippen LogP contribution in [-0.4, -0.2) is 10.9 Å². The molecule has 1 aliphatic rings. The molecule has 0 fully saturated rings. The van der Waals surface area contributed by atoms with E-state index in [4.69, 9.17) is 0 Å². The molecule has 0 saturated carbocycles. The average molecular weight is 300 g/mol. The molecule has 1 N–H and O–H groups in total. The van der Waals surface area contributed by atoms with Crippen molar-refractivity contribution < 1.29 is 9.90 Å². The van der Waals surface area contributed by atoms with Crippen LogP contribution in [0, 0.1) is 5.92 Å². The molecule has 0 spiro atoms. The minimum absolute atomic E-state index is 0.0387. The molecule has 22 heavy (non-hydrogen) atoms. The maximum Gasteiger partial charge on any atom is 0.137 e. The highest BCUT2D eigenvalue weighted by molar-refractivity contribution is 5.82. The Hall–Kier alpha value is -1.57. The molecule has 0 heterocycles. The lowest BCUT2D eigenvalue weighted by Gasteiger charge is -2.38. The highest BCUT2D eigenvalue weighted by Crippen LogP contribution is 2.43. The number of unbranched alkanes of at least 4 members (excludes halogenated alkanes) is 2. The molecule has 0 saturated heterocycles. The monoisotopic (exact) mass is 300 g/mol. The van der Waals surface area contributed by atoms with Gasteiger partial charge in [-0.1, -0.05) is 63.8 Å². The number of aromatic hydroxyl groups is 1. The second kappa shape index (κ2) is 7.13. The number of allylic oxidation sites excluding steroid dienone is 2. The zero-order chi connectivity index (χ0) is 16.2. The van der Waals surface area contributed by atoms with E-state index in [2.05, 4.69) is 26.8 Å². The number of carbonyl (C=O) groups is 1. The maximum absolute atomic E-state index is 11.7. The first-order chi connectivity index (χ1) is 10.5. The topological polar surface area (TPSA) is 37.3 Å². The summed E-state index contributed by atoms with van der Waals surface area (Å²) in [5.41, 5.74) is 2.60. The number of phenolic OH excluding ortho intramolecular Hbond substituents is 1. The second-order valence-corrected chi connectivity index (χ2v) is 6.84. The summed E-state index contributed by atoms with van der Waals surface area (Å²) in [6.07, 6.45) is 8.11. The molecule has 2 heteroatoms. The van der Waals surface area contributed by atoms with Gasteiger partial charge in [-0.2, -0.15) is 0 Å². The summed E-state index contributed by atoms with van der Waals surface area (Å²) in [5, 5.41) is 9.57. The van der Waals surface area contributed by atoms with E-state index in [1.807, 2.05) is 12.1 Å². The summed E-state index contributed by atoms with van der Waals surface area (Å²) < 4.78 is 0. The zero-order valence-electron chi connectivity index (χ0n) is 14.1. The van der Waals surface area contributed by atoms with Gasteiger partial charge in [-0.3, -0.25) is 4.79 Å². The van der Waals surface area contributed by atoms with Gasteiger partial charge in [-0.05, 0) is 30.0 Å². The first kappa shape index (κ1) is 16.8. The number of ketones is 1. The van der Waals surface area contributed by atoms with Gasteiger partial charge in [-0.25, -0.2) is 0 Å². The van der Waals surface area contributed by atoms with E-state index in [0.29, 0.717) is 30.3 Å². The lowest BCUT2D eigenvalue weighted by Crippen LogP contribution is -2.31. The summed E-state index contributed by atoms with van der Waals surface area (Å²) in [6.45, 7) is 6.69. The Morgan fingerprint density at radius 2 is 1.91 bits per heavy atom. The van der Waals surface area contributed by atoms with Crippen LogP contribution < -0.4 is 0 Å². The van der Waals surface area contributed by atoms with E-state index in [1.165, 1.54) is 30.4 Å². The van der Waals surface area contributed by atoms with Gasteiger partial charge in [0.25, 0.3) is 0 Å². The molecule has 0 bridgehead atoms. The van der Waals surface area contributed by atoms with Crippen molar-refractivity contribution in [3.63, 3.8) is 0 Å². The first-order valence-corrected chi connectivity index (χ1v) is 8.49. The third kappa shape index (κ3) is 3.60. The molecule has 2 nitrogen and oxygen atoms in total. The van der Waals surface area contributed by atoms with Gasteiger partial charge in [0.05, 0.1) is 0 Å². The molecule has 0 aromatic heterocycles. The summed E-state index contributed by atoms with van der Waals surface area (Å²) in [7, 11) is 0. The number of hydrogen-bond acceptors (Lipinski definition) is 2. The first-order valence-electron chi connectivity index (χ1n) is 8.49. The Bertz CT molecular complexity index is 541. The van der Waals surface area contributed by atoms with Crippen LogP contribution in [-0.2, 0) is 10.2 Å². The summed E-state index contributed by atoms with van der Waals surface area (Å²) in [6, 6.07) is 7.61. The zero-order valence-corrected chi connectivity index (χ0v) is 14.1. The maximum atomic E-state index is 11.7. The molecular weight excluding hydrogens is 272 g/mol. The Morgan fingerprint density at radius 1 is 1.23 bits per heavy atom. The van der Waals surface area contributed by atoms with Gasteiger partial charge < -0.3 is 5.11 Å². The number of benzene rings is 1. The van der Waals surface area contributed by atoms with Crippen molar-refractivity contribution in [2.75, 3.05) is 0 Å². The van der Waals surface area contributed by atoms with Crippen molar-refractivity contribution in [1.29, 1.82) is 0 Å². The number of carbonyl (C=O) groups excluding carboxylic acids is 1. The summed E-state index contributed by atoms with van der Waals surface area (Å²) in [4.78, 5) is 11.7. The van der Waals surface area contributed by atoms with Crippen molar-refractivity contribution >= 4 is 5.78 Å². The number of phenols is 1. The van der Waals surface area contributed by atoms with Crippen LogP contribution in [0.5, 0.6) is 5.75 Å². The molecule has 120 valence electrons. The van der Waals surface area contributed by atoms with Crippen molar-refractivity contribution in [3.8, 4) is 5.75 Å². The molecule has 0 radical (unpaired) electrons. The fourth-order valence-electron chi connectivity index (χ4n) is 3.74. The Kier molecular flexibility index (Phi) is 5.44. The quantitative estimate of drug-likeness (QED) is 0.582. The second-order valence-electron chi connectivity index (χ2n) is 6.84. The Morgan fingerprint density at radius 3 is 2.50 bits per heavy atom. The molecule has 1 aliphatic carbocycles. The van der Waals surface area contributed by atoms with Crippen LogP contribution in [0.25, 0.3) is 0 Å². The van der Waals surface area contributed by atoms with Crippen LogP contribution >= 0.6 is 0 Å². The molecule has 0 amide bonds. The van der Waals surface area contributed by atoms with Gasteiger partial charge in [0, 0.05) is 18.3 Å². The van der Waals surface area contributed by atoms with E-state index in [9.17, 15) is 9.90 Å². The molecule has 2 atom stereocenters. The number of hydrogen-bond donors (Lipinski definition) is 1. The fourth-order valence-corrected chi connectivity index (χ4v) is 3.74. The molecular formula is C20H28O2. The number of rotatable bonds is 6. The lowest BCUT2D eigenvalue weighted by atomic mass is 9.66. The predicted octanol–water partition coefficient (Wildman–Crippen LogP) is 5.16. The van der Waals surface area contributed by atoms with Gasteiger partial charge in [-0.15, -0.1) is 0 Å². The Balaban J connectivity index is 2.36. The molecule has 0 aliphatic heterocycles. The van der Waals surface area contributed by atoms with Crippen LogP contribution in [0.2, 0.25) is 0 Å². The lowest BCUT2D eigenvalue weighted by molar-refractivity contribution is -0.119. The van der Waals surface area contributed by atoms with Crippen molar-refractivity contribution in [1.82, 2.24) is 0 Å². The molecule has 1 aromatic rings. The van der Waals surface area contributed by atoms with E-state index < -0.39 is 0 Å². The summed E-state index contributed by atoms with van der Waals surface area (Å²) >= 11 is 0. The minimum Gasteiger partial charge on any atom is -0.508 e. The number of Topliss-reactive ketones (excluding diaryl/α,β-unsaturated/α-hetero) is 1. The van der Waals surface area contributed by atoms with Gasteiger partial charge in [0.15, 0.2) is 0 Å². The third-order valence-corrected chi connectivity index (χ3v) is 5.04. The van der Waals surface area contributed by atoms with E-state index in [-0.39, 0.29) is 5.41 Å². The SMILES string of the molecule is CCCCCC(C)(C1=CCC(=O)CC1C)c1ccc(O)cc1. The van der Waals surface area contributed by atoms with E-state index in [0.717, 1.165) is 6.42 Å². The largest absolute Gasteiger partial charge is 0.508 e. The molecule has 2 unspecified atom stereocenters. The van der Waals surface area contributed by atoms with Crippen molar-refractivity contribution in [2.45, 2.75) is 64.7 Å². The summed E-state index contributed by atoms with van der Waals surface area (Å²) in [5.74, 6) is 0.958. The van der Waals surface area contributed by atoms with Crippen LogP contribution in [0.1, 0.15) is 64.9 Å². The minimum atomic E-state index is -0.0387. The van der Waals surface area contributed by atoms with Gasteiger partial charge >= 0.3 is 0 Å². The normalized spacial score (nSPS) is 21.3. The van der Waals surface area contributed by atoms with Crippen LogP contribution in [0.3, 0.4) is 0 Å². The third-order valence-electron chi connectivity index (χ3n) is 5.04. The Labute approximate surface area is 134 Å². The van der Waals surface area contributed by atoms with Crippen LogP contribution in [0.4, 0.5) is 0 Å². The predicted molar refractivity (Wildman–Crippen MR) is 91.1 cm³/mol. The van der Waals surface area contributed by atoms with Gasteiger partial charge in [0.1, 0.15) is 11.5 Å². The van der Waals surface area contributed by atoms with Gasteiger partial charge in [0.2, 0.25) is 0 Å². The standard InChI is InChI=1S/C20H28O2/c1-4-5-6-13-20(3,16-7-9-17(21)10-8-16)19-12-11-18(22)14-15(19)2/h7-10,12,15,21H,4-6,11,13-14H2,1-3H3.